The second kappa shape index (κ2) is 7.40. The van der Waals surface area contributed by atoms with E-state index in [1.165, 1.54) is 0 Å². The molecule has 7 heteroatoms. The number of nitrogens with one attached hydrogen (secondary N) is 2. The van der Waals surface area contributed by atoms with Crippen LogP contribution in [0.1, 0.15) is 44.9 Å². The van der Waals surface area contributed by atoms with Gasteiger partial charge in [0.05, 0.1) is 13.0 Å². The summed E-state index contributed by atoms with van der Waals surface area (Å²) in [6.07, 6.45) is 6.15. The number of carbonyl (C=O) groups is 3. The van der Waals surface area contributed by atoms with Crippen LogP contribution in [0, 0.1) is 0 Å². The molecule has 0 heterocycles. The van der Waals surface area contributed by atoms with Crippen molar-refractivity contribution in [3.8, 4) is 0 Å². The first kappa shape index (κ1) is 15.8. The van der Waals surface area contributed by atoms with Crippen LogP contribution >= 0.6 is 0 Å². The highest BCUT2D eigenvalue weighted by molar-refractivity contribution is 5.95. The molecular weight excluding hydrogens is 274 g/mol. The van der Waals surface area contributed by atoms with Crippen LogP contribution in [-0.2, 0) is 9.59 Å². The molecule has 118 valence electrons. The molecule has 2 aliphatic rings. The van der Waals surface area contributed by atoms with Gasteiger partial charge in [0, 0.05) is 18.6 Å². The van der Waals surface area contributed by atoms with E-state index >= 15 is 0 Å². The third kappa shape index (κ3) is 5.71. The number of nitrogens with zero attached hydrogens (tertiary/aromatic N) is 1. The number of imide groups is 1. The van der Waals surface area contributed by atoms with Crippen LogP contribution in [0.5, 0.6) is 0 Å². The van der Waals surface area contributed by atoms with Gasteiger partial charge in [-0.15, -0.1) is 0 Å². The van der Waals surface area contributed by atoms with Crippen molar-refractivity contribution < 1.29 is 19.5 Å². The smallest absolute Gasteiger partial charge is 0.321 e. The van der Waals surface area contributed by atoms with E-state index in [0.717, 1.165) is 38.5 Å². The standard InChI is InChI=1S/C14H23N3O4/c18-12(16-14(21)15-10-3-1-2-4-10)9-17(11-5-6-11)8-7-13(19)20/h10-11H,1-9H2,(H,19,20)(H2,15,16,18,21). The van der Waals surface area contributed by atoms with Gasteiger partial charge in [-0.3, -0.25) is 19.8 Å². The Morgan fingerprint density at radius 1 is 1.10 bits per heavy atom. The maximum atomic E-state index is 11.9. The number of carboxylic acid groups (broad SMARTS) is 1. The minimum atomic E-state index is -0.875. The maximum absolute atomic E-state index is 11.9. The fraction of sp³-hybridized carbons (Fsp3) is 0.786. The first-order valence-electron chi connectivity index (χ1n) is 7.61. The molecule has 7 nitrogen and oxygen atoms in total. The Kier molecular flexibility index (Phi) is 5.55. The molecular formula is C14H23N3O4. The molecule has 3 N–H and O–H groups in total. The summed E-state index contributed by atoms with van der Waals surface area (Å²) in [4.78, 5) is 36.0. The summed E-state index contributed by atoms with van der Waals surface area (Å²) >= 11 is 0. The van der Waals surface area contributed by atoms with Gasteiger partial charge in [-0.2, -0.15) is 0 Å². The zero-order valence-electron chi connectivity index (χ0n) is 12.1. The molecule has 2 rings (SSSR count). The summed E-state index contributed by atoms with van der Waals surface area (Å²) in [6, 6.07) is 0.0122. The molecule has 0 atom stereocenters. The fourth-order valence-electron chi connectivity index (χ4n) is 2.71. The number of aliphatic carboxylic acids is 1. The summed E-state index contributed by atoms with van der Waals surface area (Å²) in [5.41, 5.74) is 0. The van der Waals surface area contributed by atoms with Gasteiger partial charge in [-0.05, 0) is 25.7 Å². The largest absolute Gasteiger partial charge is 0.481 e. The average molecular weight is 297 g/mol. The van der Waals surface area contributed by atoms with Crippen molar-refractivity contribution in [1.29, 1.82) is 0 Å². The Labute approximate surface area is 124 Å². The first-order valence-corrected chi connectivity index (χ1v) is 7.61. The van der Waals surface area contributed by atoms with Crippen molar-refractivity contribution in [2.45, 2.75) is 57.0 Å². The number of hydrogen-bond acceptors (Lipinski definition) is 4. The molecule has 2 aliphatic carbocycles. The van der Waals surface area contributed by atoms with Crippen LogP contribution in [-0.4, -0.2) is 53.1 Å². The van der Waals surface area contributed by atoms with Gasteiger partial charge in [0.15, 0.2) is 0 Å². The van der Waals surface area contributed by atoms with E-state index in [1.54, 1.807) is 0 Å². The average Bonchev–Trinajstić information content (AvgIpc) is 3.13. The van der Waals surface area contributed by atoms with Crippen molar-refractivity contribution in [1.82, 2.24) is 15.5 Å². The molecule has 0 bridgehead atoms. The van der Waals surface area contributed by atoms with E-state index in [-0.39, 0.29) is 31.0 Å². The number of rotatable bonds is 7. The van der Waals surface area contributed by atoms with E-state index in [9.17, 15) is 14.4 Å². The third-order valence-electron chi connectivity index (χ3n) is 3.97. The lowest BCUT2D eigenvalue weighted by molar-refractivity contribution is -0.137. The third-order valence-corrected chi connectivity index (χ3v) is 3.97. The van der Waals surface area contributed by atoms with E-state index in [4.69, 9.17) is 5.11 Å². The second-order valence-corrected chi connectivity index (χ2v) is 5.85. The van der Waals surface area contributed by atoms with Gasteiger partial charge in [0.25, 0.3) is 0 Å². The SMILES string of the molecule is O=C(O)CCN(CC(=O)NC(=O)NC1CCCC1)C1CC1. The Bertz CT molecular complexity index is 403. The zero-order chi connectivity index (χ0) is 15.2. The van der Waals surface area contributed by atoms with Crippen LogP contribution in [0.15, 0.2) is 0 Å². The Morgan fingerprint density at radius 2 is 1.76 bits per heavy atom. The number of hydrogen-bond donors (Lipinski definition) is 3. The second-order valence-electron chi connectivity index (χ2n) is 5.85. The van der Waals surface area contributed by atoms with Crippen molar-refractivity contribution in [2.24, 2.45) is 0 Å². The van der Waals surface area contributed by atoms with E-state index < -0.39 is 12.0 Å². The molecule has 21 heavy (non-hydrogen) atoms. The number of urea groups is 1. The van der Waals surface area contributed by atoms with Crippen LogP contribution in [0.4, 0.5) is 4.79 Å². The number of amides is 3. The van der Waals surface area contributed by atoms with Crippen molar-refractivity contribution in [3.05, 3.63) is 0 Å². The lowest BCUT2D eigenvalue weighted by Gasteiger charge is -2.20. The maximum Gasteiger partial charge on any atom is 0.321 e. The molecule has 0 aliphatic heterocycles. The Balaban J connectivity index is 1.70. The number of carbonyl (C=O) groups excluding carboxylic acids is 2. The van der Waals surface area contributed by atoms with Gasteiger partial charge < -0.3 is 10.4 Å². The molecule has 0 aromatic carbocycles. The summed E-state index contributed by atoms with van der Waals surface area (Å²) in [6.45, 7) is 0.424. The van der Waals surface area contributed by atoms with E-state index in [0.29, 0.717) is 6.54 Å². The van der Waals surface area contributed by atoms with Crippen molar-refractivity contribution in [3.63, 3.8) is 0 Å². The lowest BCUT2D eigenvalue weighted by Crippen LogP contribution is -2.47. The van der Waals surface area contributed by atoms with Crippen molar-refractivity contribution in [2.75, 3.05) is 13.1 Å². The fourth-order valence-corrected chi connectivity index (χ4v) is 2.71. The Hall–Kier alpha value is -1.63. The molecule has 2 fully saturated rings. The van der Waals surface area contributed by atoms with Crippen molar-refractivity contribution >= 4 is 17.9 Å². The summed E-state index contributed by atoms with van der Waals surface area (Å²) in [5, 5.41) is 13.8. The molecule has 0 spiro atoms. The topological polar surface area (TPSA) is 98.7 Å². The molecule has 0 aromatic heterocycles. The first-order chi connectivity index (χ1) is 10.0. The molecule has 0 saturated heterocycles. The van der Waals surface area contributed by atoms with Crippen LogP contribution in [0.3, 0.4) is 0 Å². The van der Waals surface area contributed by atoms with Crippen LogP contribution < -0.4 is 10.6 Å². The van der Waals surface area contributed by atoms with Gasteiger partial charge in [-0.1, -0.05) is 12.8 Å². The highest BCUT2D eigenvalue weighted by Gasteiger charge is 2.30. The summed E-state index contributed by atoms with van der Waals surface area (Å²) in [7, 11) is 0. The molecule has 0 unspecified atom stereocenters. The minimum Gasteiger partial charge on any atom is -0.481 e. The molecule has 0 radical (unpaired) electrons. The molecule has 2 saturated carbocycles. The van der Waals surface area contributed by atoms with Gasteiger partial charge in [0.2, 0.25) is 5.91 Å². The van der Waals surface area contributed by atoms with Crippen LogP contribution in [0.25, 0.3) is 0 Å². The monoisotopic (exact) mass is 297 g/mol. The lowest BCUT2D eigenvalue weighted by atomic mass is 10.2. The normalized spacial score (nSPS) is 18.7. The summed E-state index contributed by atoms with van der Waals surface area (Å²) in [5.74, 6) is -1.25. The Morgan fingerprint density at radius 3 is 2.33 bits per heavy atom. The van der Waals surface area contributed by atoms with Gasteiger partial charge in [0.1, 0.15) is 0 Å². The number of carboxylic acids is 1. The van der Waals surface area contributed by atoms with E-state index in [1.807, 2.05) is 4.90 Å². The molecule has 0 aromatic rings. The van der Waals surface area contributed by atoms with Crippen LogP contribution in [0.2, 0.25) is 0 Å². The minimum absolute atomic E-state index is 0.0120. The highest BCUT2D eigenvalue weighted by atomic mass is 16.4. The highest BCUT2D eigenvalue weighted by Crippen LogP contribution is 2.26. The predicted molar refractivity (Wildman–Crippen MR) is 75.8 cm³/mol. The molecule has 3 amide bonds. The van der Waals surface area contributed by atoms with E-state index in [2.05, 4.69) is 10.6 Å². The zero-order valence-corrected chi connectivity index (χ0v) is 12.1. The summed E-state index contributed by atoms with van der Waals surface area (Å²) < 4.78 is 0. The van der Waals surface area contributed by atoms with Gasteiger partial charge >= 0.3 is 12.0 Å². The quantitative estimate of drug-likeness (QED) is 0.642. The van der Waals surface area contributed by atoms with Gasteiger partial charge in [-0.25, -0.2) is 4.79 Å². The predicted octanol–water partition coefficient (Wildman–Crippen LogP) is 0.694.